The first-order chi connectivity index (χ1) is 6.31. The van der Waals surface area contributed by atoms with Gasteiger partial charge in [0, 0.05) is 17.4 Å². The van der Waals surface area contributed by atoms with E-state index in [1.807, 2.05) is 0 Å². The monoisotopic (exact) mass is 196 g/mol. The normalized spacial score (nSPS) is 18.3. The number of hydrogen-bond acceptors (Lipinski definition) is 2. The van der Waals surface area contributed by atoms with Crippen LogP contribution in [0.3, 0.4) is 0 Å². The summed E-state index contributed by atoms with van der Waals surface area (Å²) in [6, 6.07) is 0. The lowest BCUT2D eigenvalue weighted by Gasteiger charge is -2.05. The average molecular weight is 196 g/mol. The molecule has 0 unspecified atom stereocenters. The molecule has 0 radical (unpaired) electrons. The van der Waals surface area contributed by atoms with Crippen LogP contribution in [-0.2, 0) is 5.75 Å². The molecule has 0 atom stereocenters. The Labute approximate surface area is 84.6 Å². The SMILES string of the molecule is Cc1[nH]c(CS)nc1C1CCCC1. The van der Waals surface area contributed by atoms with E-state index in [0.29, 0.717) is 11.7 Å². The Morgan fingerprint density at radius 3 is 2.69 bits per heavy atom. The van der Waals surface area contributed by atoms with Gasteiger partial charge >= 0.3 is 0 Å². The number of nitrogens with one attached hydrogen (secondary N) is 1. The van der Waals surface area contributed by atoms with Crippen LogP contribution >= 0.6 is 12.6 Å². The van der Waals surface area contributed by atoms with Crippen molar-refractivity contribution in [3.05, 3.63) is 17.2 Å². The van der Waals surface area contributed by atoms with Gasteiger partial charge in [0.2, 0.25) is 0 Å². The molecule has 2 nitrogen and oxygen atoms in total. The van der Waals surface area contributed by atoms with E-state index in [1.54, 1.807) is 0 Å². The van der Waals surface area contributed by atoms with E-state index in [2.05, 4.69) is 29.5 Å². The van der Waals surface area contributed by atoms with Crippen LogP contribution in [0.25, 0.3) is 0 Å². The first-order valence-electron chi connectivity index (χ1n) is 4.97. The molecule has 2 rings (SSSR count). The van der Waals surface area contributed by atoms with Crippen molar-refractivity contribution in [2.24, 2.45) is 0 Å². The Hall–Kier alpha value is -0.440. The molecule has 1 N–H and O–H groups in total. The van der Waals surface area contributed by atoms with Crippen LogP contribution in [0.1, 0.15) is 48.8 Å². The van der Waals surface area contributed by atoms with Crippen LogP contribution in [0.2, 0.25) is 0 Å². The summed E-state index contributed by atoms with van der Waals surface area (Å²) in [7, 11) is 0. The van der Waals surface area contributed by atoms with Gasteiger partial charge in [0.25, 0.3) is 0 Å². The zero-order chi connectivity index (χ0) is 9.26. The van der Waals surface area contributed by atoms with Crippen LogP contribution in [0.4, 0.5) is 0 Å². The largest absolute Gasteiger partial charge is 0.345 e. The smallest absolute Gasteiger partial charge is 0.116 e. The molecule has 0 saturated heterocycles. The Bertz CT molecular complexity index is 287. The van der Waals surface area contributed by atoms with Gasteiger partial charge in [0.05, 0.1) is 5.69 Å². The van der Waals surface area contributed by atoms with Crippen LogP contribution in [0.5, 0.6) is 0 Å². The molecule has 0 aliphatic heterocycles. The molecule has 1 heterocycles. The highest BCUT2D eigenvalue weighted by Crippen LogP contribution is 2.34. The fourth-order valence-electron chi connectivity index (χ4n) is 2.21. The van der Waals surface area contributed by atoms with Gasteiger partial charge in [-0.3, -0.25) is 0 Å². The number of aromatic nitrogens is 2. The first-order valence-corrected chi connectivity index (χ1v) is 5.60. The van der Waals surface area contributed by atoms with E-state index < -0.39 is 0 Å². The topological polar surface area (TPSA) is 28.7 Å². The summed E-state index contributed by atoms with van der Waals surface area (Å²) < 4.78 is 0. The number of rotatable bonds is 2. The number of hydrogen-bond donors (Lipinski definition) is 2. The minimum absolute atomic E-state index is 0.713. The highest BCUT2D eigenvalue weighted by Gasteiger charge is 2.21. The molecule has 1 aliphatic carbocycles. The first kappa shape index (κ1) is 9.13. The van der Waals surface area contributed by atoms with E-state index in [1.165, 1.54) is 37.1 Å². The number of aryl methyl sites for hydroxylation is 1. The third-order valence-electron chi connectivity index (χ3n) is 2.86. The molecular weight excluding hydrogens is 180 g/mol. The van der Waals surface area contributed by atoms with Gasteiger partial charge < -0.3 is 4.98 Å². The average Bonchev–Trinajstić information content (AvgIpc) is 2.72. The zero-order valence-corrected chi connectivity index (χ0v) is 8.90. The molecule has 1 aliphatic rings. The molecule has 13 heavy (non-hydrogen) atoms. The fourth-order valence-corrected chi connectivity index (χ4v) is 2.36. The number of nitrogens with zero attached hydrogens (tertiary/aromatic N) is 1. The molecule has 0 spiro atoms. The summed E-state index contributed by atoms with van der Waals surface area (Å²) in [4.78, 5) is 7.86. The second kappa shape index (κ2) is 3.74. The Kier molecular flexibility index (Phi) is 2.63. The Morgan fingerprint density at radius 1 is 1.46 bits per heavy atom. The standard InChI is InChI=1S/C10H16N2S/c1-7-10(8-4-2-3-5-8)12-9(6-13)11-7/h8,13H,2-6H2,1H3,(H,11,12). The van der Waals surface area contributed by atoms with Gasteiger partial charge in [-0.2, -0.15) is 12.6 Å². The summed E-state index contributed by atoms with van der Waals surface area (Å²) >= 11 is 4.22. The Morgan fingerprint density at radius 2 is 2.15 bits per heavy atom. The summed E-state index contributed by atoms with van der Waals surface area (Å²) in [6.07, 6.45) is 5.37. The zero-order valence-electron chi connectivity index (χ0n) is 8.01. The molecule has 1 fully saturated rings. The molecule has 1 saturated carbocycles. The fraction of sp³-hybridized carbons (Fsp3) is 0.700. The van der Waals surface area contributed by atoms with Crippen molar-refractivity contribution < 1.29 is 0 Å². The Balaban J connectivity index is 2.22. The van der Waals surface area contributed by atoms with Gasteiger partial charge in [-0.05, 0) is 19.8 Å². The minimum atomic E-state index is 0.713. The number of H-pyrrole nitrogens is 1. The van der Waals surface area contributed by atoms with Gasteiger partial charge in [-0.1, -0.05) is 12.8 Å². The van der Waals surface area contributed by atoms with Gasteiger partial charge in [-0.15, -0.1) is 0 Å². The molecule has 1 aromatic rings. The number of aromatic amines is 1. The molecule has 0 aromatic carbocycles. The predicted octanol–water partition coefficient (Wildman–Crippen LogP) is 2.81. The van der Waals surface area contributed by atoms with E-state index in [0.717, 1.165) is 5.82 Å². The van der Waals surface area contributed by atoms with E-state index in [9.17, 15) is 0 Å². The van der Waals surface area contributed by atoms with Crippen molar-refractivity contribution >= 4 is 12.6 Å². The molecule has 1 aromatic heterocycles. The van der Waals surface area contributed by atoms with Crippen LogP contribution in [-0.4, -0.2) is 9.97 Å². The third kappa shape index (κ3) is 1.75. The molecule has 0 amide bonds. The minimum Gasteiger partial charge on any atom is -0.345 e. The maximum atomic E-state index is 4.58. The quantitative estimate of drug-likeness (QED) is 0.700. The lowest BCUT2D eigenvalue weighted by Crippen LogP contribution is -1.95. The van der Waals surface area contributed by atoms with Crippen LogP contribution < -0.4 is 0 Å². The second-order valence-corrected chi connectivity index (χ2v) is 4.15. The van der Waals surface area contributed by atoms with Crippen molar-refractivity contribution in [2.45, 2.75) is 44.3 Å². The molecular formula is C10H16N2S. The second-order valence-electron chi connectivity index (χ2n) is 3.83. The lowest BCUT2D eigenvalue weighted by atomic mass is 10.0. The van der Waals surface area contributed by atoms with Crippen molar-refractivity contribution in [3.63, 3.8) is 0 Å². The van der Waals surface area contributed by atoms with Crippen LogP contribution in [0, 0.1) is 6.92 Å². The molecule has 72 valence electrons. The van der Waals surface area contributed by atoms with Crippen molar-refractivity contribution in [2.75, 3.05) is 0 Å². The van der Waals surface area contributed by atoms with Gasteiger partial charge in [-0.25, -0.2) is 4.98 Å². The summed E-state index contributed by atoms with van der Waals surface area (Å²) in [5.41, 5.74) is 2.54. The summed E-state index contributed by atoms with van der Waals surface area (Å²) in [5, 5.41) is 0. The highest BCUT2D eigenvalue weighted by atomic mass is 32.1. The van der Waals surface area contributed by atoms with Crippen molar-refractivity contribution in [1.29, 1.82) is 0 Å². The number of thiol groups is 1. The summed E-state index contributed by atoms with van der Waals surface area (Å²) in [6.45, 7) is 2.12. The third-order valence-corrected chi connectivity index (χ3v) is 3.16. The highest BCUT2D eigenvalue weighted by molar-refractivity contribution is 7.79. The van der Waals surface area contributed by atoms with Crippen molar-refractivity contribution in [1.82, 2.24) is 9.97 Å². The van der Waals surface area contributed by atoms with Crippen molar-refractivity contribution in [3.8, 4) is 0 Å². The van der Waals surface area contributed by atoms with Crippen LogP contribution in [0.15, 0.2) is 0 Å². The van der Waals surface area contributed by atoms with E-state index >= 15 is 0 Å². The van der Waals surface area contributed by atoms with E-state index in [4.69, 9.17) is 0 Å². The van der Waals surface area contributed by atoms with Gasteiger partial charge in [0.1, 0.15) is 5.82 Å². The number of imidazole rings is 1. The molecule has 0 bridgehead atoms. The summed E-state index contributed by atoms with van der Waals surface area (Å²) in [5.74, 6) is 2.45. The lowest BCUT2D eigenvalue weighted by molar-refractivity contribution is 0.695. The van der Waals surface area contributed by atoms with Gasteiger partial charge in [0.15, 0.2) is 0 Å². The maximum absolute atomic E-state index is 4.58. The maximum Gasteiger partial charge on any atom is 0.116 e. The van der Waals surface area contributed by atoms with E-state index in [-0.39, 0.29) is 0 Å². The predicted molar refractivity (Wildman–Crippen MR) is 57.2 cm³/mol. The molecule has 3 heteroatoms.